The van der Waals surface area contributed by atoms with Crippen LogP contribution in [0.4, 0.5) is 4.39 Å². The minimum atomic E-state index is -0.204. The van der Waals surface area contributed by atoms with Crippen molar-refractivity contribution in [2.75, 3.05) is 13.1 Å². The Morgan fingerprint density at radius 3 is 2.56 bits per heavy atom. The molecule has 2 bridgehead atoms. The molecule has 6 heteroatoms. The van der Waals surface area contributed by atoms with Crippen molar-refractivity contribution in [2.45, 2.75) is 63.7 Å². The maximum atomic E-state index is 13.1. The van der Waals surface area contributed by atoms with Gasteiger partial charge in [-0.2, -0.15) is 0 Å². The quantitative estimate of drug-likeness (QED) is 0.400. The van der Waals surface area contributed by atoms with Gasteiger partial charge >= 0.3 is 0 Å². The Morgan fingerprint density at radius 2 is 2.00 bits per heavy atom. The number of nitrogens with one attached hydrogen (secondary N) is 2. The van der Waals surface area contributed by atoms with Gasteiger partial charge in [0.25, 0.3) is 0 Å². The molecule has 0 aliphatic carbocycles. The van der Waals surface area contributed by atoms with Crippen LogP contribution >= 0.6 is 24.0 Å². The topological polar surface area (TPSA) is 45.7 Å². The van der Waals surface area contributed by atoms with Crippen LogP contribution in [0.2, 0.25) is 0 Å². The first kappa shape index (κ1) is 20.4. The number of rotatable bonds is 5. The van der Waals surface area contributed by atoms with Crippen LogP contribution in [0.5, 0.6) is 0 Å². The maximum Gasteiger partial charge on any atom is 0.191 e. The monoisotopic (exact) mass is 461 g/mol. The van der Waals surface area contributed by atoms with Gasteiger partial charge in [-0.3, -0.25) is 4.99 Å². The van der Waals surface area contributed by atoms with Gasteiger partial charge < -0.3 is 15.4 Å². The SMILES string of the molecule is CCNC(=NCC(C)(C)c1ccc(F)cc1)NC1CC2CCC1O2.I. The Balaban J connectivity index is 0.00000225. The normalized spacial score (nSPS) is 25.6. The molecule has 2 N–H and O–H groups in total. The third-order valence-electron chi connectivity index (χ3n) is 5.03. The number of nitrogens with zero attached hydrogens (tertiary/aromatic N) is 1. The molecule has 2 aliphatic rings. The van der Waals surface area contributed by atoms with Gasteiger partial charge in [-0.1, -0.05) is 26.0 Å². The van der Waals surface area contributed by atoms with E-state index in [-0.39, 0.29) is 35.2 Å². The lowest BCUT2D eigenvalue weighted by atomic mass is 9.85. The fraction of sp³-hybridized carbons (Fsp3) is 0.632. The van der Waals surface area contributed by atoms with Gasteiger partial charge in [0.2, 0.25) is 0 Å². The molecule has 2 aliphatic heterocycles. The maximum absolute atomic E-state index is 13.1. The van der Waals surface area contributed by atoms with Crippen LogP contribution in [0.1, 0.15) is 45.6 Å². The lowest BCUT2D eigenvalue weighted by Gasteiger charge is -2.26. The smallest absolute Gasteiger partial charge is 0.191 e. The third-order valence-corrected chi connectivity index (χ3v) is 5.03. The highest BCUT2D eigenvalue weighted by Crippen LogP contribution is 2.34. The highest BCUT2D eigenvalue weighted by molar-refractivity contribution is 14.0. The molecule has 2 heterocycles. The van der Waals surface area contributed by atoms with E-state index < -0.39 is 0 Å². The van der Waals surface area contributed by atoms with Crippen LogP contribution in [0.3, 0.4) is 0 Å². The lowest BCUT2D eigenvalue weighted by molar-refractivity contribution is 0.0992. The molecule has 3 atom stereocenters. The molecule has 1 aromatic carbocycles. The lowest BCUT2D eigenvalue weighted by Crippen LogP contribution is -2.47. The van der Waals surface area contributed by atoms with Gasteiger partial charge in [-0.05, 0) is 43.9 Å². The first-order valence-electron chi connectivity index (χ1n) is 8.94. The number of fused-ring (bicyclic) bond motifs is 2. The van der Waals surface area contributed by atoms with E-state index >= 15 is 0 Å². The van der Waals surface area contributed by atoms with Crippen molar-refractivity contribution in [3.05, 3.63) is 35.6 Å². The van der Waals surface area contributed by atoms with Crippen molar-refractivity contribution in [3.8, 4) is 0 Å². The third kappa shape index (κ3) is 5.06. The zero-order valence-corrected chi connectivity index (χ0v) is 17.5. The number of benzene rings is 1. The summed E-state index contributed by atoms with van der Waals surface area (Å²) in [5.74, 6) is 0.637. The summed E-state index contributed by atoms with van der Waals surface area (Å²) >= 11 is 0. The summed E-state index contributed by atoms with van der Waals surface area (Å²) in [5.41, 5.74) is 0.938. The van der Waals surface area contributed by atoms with E-state index in [1.54, 1.807) is 0 Å². The van der Waals surface area contributed by atoms with Gasteiger partial charge in [0, 0.05) is 12.0 Å². The van der Waals surface area contributed by atoms with Crippen molar-refractivity contribution in [3.63, 3.8) is 0 Å². The van der Waals surface area contributed by atoms with E-state index in [0.717, 1.165) is 30.9 Å². The zero-order chi connectivity index (χ0) is 17.2. The average molecular weight is 461 g/mol. The van der Waals surface area contributed by atoms with E-state index in [1.165, 1.54) is 18.6 Å². The standard InChI is InChI=1S/C19H28FN3O.HI/c1-4-21-18(23-16-11-15-9-10-17(16)24-15)22-12-19(2,3)13-5-7-14(20)8-6-13;/h5-8,15-17H,4,9-12H2,1-3H3,(H2,21,22,23);1H. The van der Waals surface area contributed by atoms with Gasteiger partial charge in [0.15, 0.2) is 5.96 Å². The van der Waals surface area contributed by atoms with E-state index in [0.29, 0.717) is 24.8 Å². The predicted molar refractivity (Wildman–Crippen MR) is 110 cm³/mol. The second-order valence-corrected chi connectivity index (χ2v) is 7.45. The number of hydrogen-bond donors (Lipinski definition) is 2. The Hall–Kier alpha value is -0.890. The summed E-state index contributed by atoms with van der Waals surface area (Å²) in [7, 11) is 0. The van der Waals surface area contributed by atoms with Crippen molar-refractivity contribution < 1.29 is 9.13 Å². The van der Waals surface area contributed by atoms with Gasteiger partial charge in [-0.15, -0.1) is 24.0 Å². The Bertz CT molecular complexity index is 591. The second kappa shape index (κ2) is 8.66. The molecule has 140 valence electrons. The van der Waals surface area contributed by atoms with Gasteiger partial charge in [-0.25, -0.2) is 4.39 Å². The van der Waals surface area contributed by atoms with Crippen molar-refractivity contribution in [1.29, 1.82) is 0 Å². The van der Waals surface area contributed by atoms with E-state index in [4.69, 9.17) is 9.73 Å². The molecule has 25 heavy (non-hydrogen) atoms. The highest BCUT2D eigenvalue weighted by Gasteiger charge is 2.41. The van der Waals surface area contributed by atoms with Crippen LogP contribution in [-0.4, -0.2) is 37.3 Å². The number of halogens is 2. The summed E-state index contributed by atoms with van der Waals surface area (Å²) in [6.07, 6.45) is 4.14. The van der Waals surface area contributed by atoms with Crippen molar-refractivity contribution in [1.82, 2.24) is 10.6 Å². The molecule has 3 unspecified atom stereocenters. The number of hydrogen-bond acceptors (Lipinski definition) is 2. The number of aliphatic imine (C=N–C) groups is 1. The first-order valence-corrected chi connectivity index (χ1v) is 8.94. The molecule has 0 radical (unpaired) electrons. The Labute approximate surface area is 167 Å². The van der Waals surface area contributed by atoms with Crippen LogP contribution in [0.25, 0.3) is 0 Å². The van der Waals surface area contributed by atoms with Crippen molar-refractivity contribution >= 4 is 29.9 Å². The molecule has 0 aromatic heterocycles. The van der Waals surface area contributed by atoms with Crippen LogP contribution < -0.4 is 10.6 Å². The summed E-state index contributed by atoms with van der Waals surface area (Å²) in [5, 5.41) is 6.86. The van der Waals surface area contributed by atoms with Gasteiger partial charge in [0.05, 0.1) is 24.8 Å². The zero-order valence-electron chi connectivity index (χ0n) is 15.2. The van der Waals surface area contributed by atoms with Gasteiger partial charge in [0.1, 0.15) is 5.82 Å². The highest BCUT2D eigenvalue weighted by atomic mass is 127. The molecule has 3 rings (SSSR count). The molecule has 4 nitrogen and oxygen atoms in total. The molecule has 0 spiro atoms. The second-order valence-electron chi connectivity index (χ2n) is 7.45. The minimum absolute atomic E-state index is 0. The van der Waals surface area contributed by atoms with Crippen LogP contribution in [0.15, 0.2) is 29.3 Å². The predicted octanol–water partition coefficient (Wildman–Crippen LogP) is 3.60. The molecule has 0 saturated carbocycles. The summed E-state index contributed by atoms with van der Waals surface area (Å²) in [6, 6.07) is 7.06. The number of guanidine groups is 1. The molecule has 1 aromatic rings. The summed E-state index contributed by atoms with van der Waals surface area (Å²) < 4.78 is 19.0. The first-order chi connectivity index (χ1) is 11.5. The number of ether oxygens (including phenoxy) is 1. The van der Waals surface area contributed by atoms with E-state index in [2.05, 4.69) is 31.4 Å². The molecule has 2 saturated heterocycles. The van der Waals surface area contributed by atoms with E-state index in [1.807, 2.05) is 12.1 Å². The summed E-state index contributed by atoms with van der Waals surface area (Å²) in [4.78, 5) is 4.78. The molecule has 0 amide bonds. The molecule has 2 fully saturated rings. The molecular weight excluding hydrogens is 432 g/mol. The van der Waals surface area contributed by atoms with Crippen LogP contribution in [0, 0.1) is 5.82 Å². The Kier molecular flexibility index (Phi) is 7.08. The van der Waals surface area contributed by atoms with E-state index in [9.17, 15) is 4.39 Å². The summed E-state index contributed by atoms with van der Waals surface area (Å²) in [6.45, 7) is 7.79. The Morgan fingerprint density at radius 1 is 1.28 bits per heavy atom. The minimum Gasteiger partial charge on any atom is -0.373 e. The molecular formula is C19H29FIN3O. The average Bonchev–Trinajstić information content (AvgIpc) is 3.16. The fourth-order valence-corrected chi connectivity index (χ4v) is 3.55. The van der Waals surface area contributed by atoms with Crippen LogP contribution in [-0.2, 0) is 10.2 Å². The largest absolute Gasteiger partial charge is 0.373 e. The fourth-order valence-electron chi connectivity index (χ4n) is 3.55. The van der Waals surface area contributed by atoms with Crippen molar-refractivity contribution in [2.24, 2.45) is 4.99 Å².